The fourth-order valence-electron chi connectivity index (χ4n) is 1.69. The van der Waals surface area contributed by atoms with E-state index < -0.39 is 9.05 Å². The van der Waals surface area contributed by atoms with Gasteiger partial charge in [-0.2, -0.15) is 0 Å². The minimum absolute atomic E-state index is 0.126. The largest absolute Gasteiger partial charge is 0.493 e. The molecular weight excluding hydrogens is 300 g/mol. The molecule has 0 heterocycles. The SMILES string of the molecule is COC(C)(C)CCOc1cc(C)c(S(=O)(=O)Cl)cc1C. The van der Waals surface area contributed by atoms with Gasteiger partial charge in [0.1, 0.15) is 5.75 Å². The van der Waals surface area contributed by atoms with Crippen LogP contribution in [-0.2, 0) is 13.8 Å². The van der Waals surface area contributed by atoms with Gasteiger partial charge in [-0.05, 0) is 51.0 Å². The van der Waals surface area contributed by atoms with Crippen LogP contribution in [-0.4, -0.2) is 27.7 Å². The topological polar surface area (TPSA) is 52.6 Å². The van der Waals surface area contributed by atoms with Crippen LogP contribution in [0.5, 0.6) is 5.75 Å². The molecule has 0 unspecified atom stereocenters. The standard InChI is InChI=1S/C14H21ClO4S/c1-10-9-13(20(15,16)17)11(2)8-12(10)19-7-6-14(3,4)18-5/h8-9H,6-7H2,1-5H3. The summed E-state index contributed by atoms with van der Waals surface area (Å²) in [6.07, 6.45) is 0.734. The Bertz CT molecular complexity index is 579. The molecule has 0 aliphatic rings. The number of hydrogen-bond donors (Lipinski definition) is 0. The molecule has 0 atom stereocenters. The number of rotatable bonds is 6. The van der Waals surface area contributed by atoms with Crippen molar-refractivity contribution < 1.29 is 17.9 Å². The summed E-state index contributed by atoms with van der Waals surface area (Å²) in [6, 6.07) is 3.23. The maximum atomic E-state index is 11.4. The van der Waals surface area contributed by atoms with E-state index in [1.54, 1.807) is 27.0 Å². The van der Waals surface area contributed by atoms with E-state index in [-0.39, 0.29) is 10.5 Å². The number of halogens is 1. The summed E-state index contributed by atoms with van der Waals surface area (Å²) < 4.78 is 33.8. The van der Waals surface area contributed by atoms with Gasteiger partial charge in [0.15, 0.2) is 0 Å². The van der Waals surface area contributed by atoms with Gasteiger partial charge in [0.05, 0.1) is 17.1 Å². The molecule has 0 amide bonds. The van der Waals surface area contributed by atoms with Crippen LogP contribution in [0.3, 0.4) is 0 Å². The van der Waals surface area contributed by atoms with Crippen LogP contribution in [0.15, 0.2) is 17.0 Å². The highest BCUT2D eigenvalue weighted by Crippen LogP contribution is 2.28. The molecule has 0 saturated carbocycles. The lowest BCUT2D eigenvalue weighted by atomic mass is 10.1. The van der Waals surface area contributed by atoms with E-state index in [9.17, 15) is 8.42 Å². The van der Waals surface area contributed by atoms with Crippen LogP contribution in [0.2, 0.25) is 0 Å². The number of aryl methyl sites for hydroxylation is 2. The van der Waals surface area contributed by atoms with Gasteiger partial charge < -0.3 is 9.47 Å². The normalized spacial score (nSPS) is 12.5. The molecule has 0 aliphatic carbocycles. The van der Waals surface area contributed by atoms with Crippen molar-refractivity contribution in [2.75, 3.05) is 13.7 Å². The summed E-state index contributed by atoms with van der Waals surface area (Å²) in [6.45, 7) is 7.95. The molecule has 1 rings (SSSR count). The molecule has 0 aliphatic heterocycles. The molecule has 0 N–H and O–H groups in total. The second kappa shape index (κ2) is 6.33. The highest BCUT2D eigenvalue weighted by atomic mass is 35.7. The first-order valence-corrected chi connectivity index (χ1v) is 8.61. The third-order valence-electron chi connectivity index (χ3n) is 3.25. The monoisotopic (exact) mass is 320 g/mol. The molecule has 0 saturated heterocycles. The lowest BCUT2D eigenvalue weighted by Crippen LogP contribution is -2.25. The first-order valence-electron chi connectivity index (χ1n) is 6.31. The van der Waals surface area contributed by atoms with Crippen LogP contribution in [0, 0.1) is 13.8 Å². The van der Waals surface area contributed by atoms with E-state index in [4.69, 9.17) is 20.2 Å². The van der Waals surface area contributed by atoms with Crippen molar-refractivity contribution in [2.24, 2.45) is 0 Å². The molecular formula is C14H21ClO4S. The second-order valence-electron chi connectivity index (χ2n) is 5.38. The first kappa shape index (κ1) is 17.3. The van der Waals surface area contributed by atoms with Crippen LogP contribution < -0.4 is 4.74 Å². The van der Waals surface area contributed by atoms with Gasteiger partial charge in [-0.3, -0.25) is 0 Å². The predicted octanol–water partition coefficient (Wildman–Crippen LogP) is 3.42. The third kappa shape index (κ3) is 4.65. The van der Waals surface area contributed by atoms with Gasteiger partial charge in [-0.15, -0.1) is 0 Å². The Kier molecular flexibility index (Phi) is 5.46. The molecule has 114 valence electrons. The number of ether oxygens (including phenoxy) is 2. The summed E-state index contributed by atoms with van der Waals surface area (Å²) in [7, 11) is 3.32. The quantitative estimate of drug-likeness (QED) is 0.754. The van der Waals surface area contributed by atoms with Crippen LogP contribution in [0.1, 0.15) is 31.4 Å². The number of benzene rings is 1. The van der Waals surface area contributed by atoms with Crippen molar-refractivity contribution >= 4 is 19.7 Å². The second-order valence-corrected chi connectivity index (χ2v) is 7.92. The van der Waals surface area contributed by atoms with E-state index in [0.717, 1.165) is 12.0 Å². The van der Waals surface area contributed by atoms with Gasteiger partial charge >= 0.3 is 0 Å². The minimum atomic E-state index is -3.72. The maximum absolute atomic E-state index is 11.4. The zero-order valence-electron chi connectivity index (χ0n) is 12.5. The van der Waals surface area contributed by atoms with Gasteiger partial charge in [0, 0.05) is 24.2 Å². The van der Waals surface area contributed by atoms with Crippen molar-refractivity contribution in [1.82, 2.24) is 0 Å². The Morgan fingerprint density at radius 3 is 2.30 bits per heavy atom. The van der Waals surface area contributed by atoms with E-state index in [0.29, 0.717) is 17.9 Å². The Morgan fingerprint density at radius 2 is 1.80 bits per heavy atom. The molecule has 0 radical (unpaired) electrons. The van der Waals surface area contributed by atoms with Crippen LogP contribution in [0.4, 0.5) is 0 Å². The van der Waals surface area contributed by atoms with Gasteiger partial charge in [0.25, 0.3) is 9.05 Å². The Balaban J connectivity index is 2.86. The number of hydrogen-bond acceptors (Lipinski definition) is 4. The summed E-state index contributed by atoms with van der Waals surface area (Å²) in [5, 5.41) is 0. The molecule has 0 fully saturated rings. The van der Waals surface area contributed by atoms with Crippen molar-refractivity contribution in [3.8, 4) is 5.75 Å². The van der Waals surface area contributed by atoms with E-state index in [1.807, 2.05) is 13.8 Å². The average molecular weight is 321 g/mol. The summed E-state index contributed by atoms with van der Waals surface area (Å²) in [5.41, 5.74) is 1.07. The van der Waals surface area contributed by atoms with Gasteiger partial charge in [-0.25, -0.2) is 8.42 Å². The van der Waals surface area contributed by atoms with Crippen LogP contribution in [0.25, 0.3) is 0 Å². The molecule has 0 aromatic heterocycles. The van der Waals surface area contributed by atoms with Crippen molar-refractivity contribution in [1.29, 1.82) is 0 Å². The minimum Gasteiger partial charge on any atom is -0.493 e. The van der Waals surface area contributed by atoms with Gasteiger partial charge in [0.2, 0.25) is 0 Å². The summed E-state index contributed by atoms with van der Waals surface area (Å²) in [5.74, 6) is 0.665. The van der Waals surface area contributed by atoms with Crippen LogP contribution >= 0.6 is 10.7 Å². The molecule has 0 spiro atoms. The summed E-state index contributed by atoms with van der Waals surface area (Å²) in [4.78, 5) is 0.126. The molecule has 1 aromatic rings. The van der Waals surface area contributed by atoms with Crippen molar-refractivity contribution in [3.63, 3.8) is 0 Å². The average Bonchev–Trinajstić information content (AvgIpc) is 2.31. The zero-order chi connectivity index (χ0) is 15.6. The maximum Gasteiger partial charge on any atom is 0.261 e. The Morgan fingerprint density at radius 1 is 1.20 bits per heavy atom. The van der Waals surface area contributed by atoms with Crippen molar-refractivity contribution in [3.05, 3.63) is 23.3 Å². The highest BCUT2D eigenvalue weighted by Gasteiger charge is 2.18. The van der Waals surface area contributed by atoms with E-state index >= 15 is 0 Å². The van der Waals surface area contributed by atoms with E-state index in [2.05, 4.69) is 0 Å². The molecule has 20 heavy (non-hydrogen) atoms. The first-order chi connectivity index (χ1) is 9.07. The fraction of sp³-hybridized carbons (Fsp3) is 0.571. The smallest absolute Gasteiger partial charge is 0.261 e. The summed E-state index contributed by atoms with van der Waals surface area (Å²) >= 11 is 0. The Hall–Kier alpha value is -0.780. The number of methoxy groups -OCH3 is 1. The molecule has 6 heteroatoms. The molecule has 0 bridgehead atoms. The lowest BCUT2D eigenvalue weighted by Gasteiger charge is -2.23. The highest BCUT2D eigenvalue weighted by molar-refractivity contribution is 8.13. The Labute approximate surface area is 125 Å². The predicted molar refractivity (Wildman–Crippen MR) is 80.2 cm³/mol. The fourth-order valence-corrected chi connectivity index (χ4v) is 2.95. The third-order valence-corrected chi connectivity index (χ3v) is 4.71. The lowest BCUT2D eigenvalue weighted by molar-refractivity contribution is 0.00539. The van der Waals surface area contributed by atoms with Gasteiger partial charge in [-0.1, -0.05) is 0 Å². The molecule has 1 aromatic carbocycles. The zero-order valence-corrected chi connectivity index (χ0v) is 14.1. The van der Waals surface area contributed by atoms with Crippen molar-refractivity contribution in [2.45, 2.75) is 44.6 Å². The van der Waals surface area contributed by atoms with E-state index in [1.165, 1.54) is 6.07 Å². The molecule has 4 nitrogen and oxygen atoms in total.